The largest absolute Gasteiger partial charge is 0.394 e. The number of hydrogen-bond donors (Lipinski definition) is 2. The highest BCUT2D eigenvalue weighted by atomic mass is 16.6. The molecule has 3 nitrogen and oxygen atoms in total. The van der Waals surface area contributed by atoms with Crippen LogP contribution in [0.25, 0.3) is 0 Å². The molecule has 0 bridgehead atoms. The van der Waals surface area contributed by atoms with Crippen molar-refractivity contribution < 1.29 is 14.9 Å². The molecular formula is C4H9O3. The summed E-state index contributed by atoms with van der Waals surface area (Å²) < 4.78 is 4.39. The Hall–Kier alpha value is -0.120. The lowest BCUT2D eigenvalue weighted by molar-refractivity contribution is -0.0756. The van der Waals surface area contributed by atoms with Crippen LogP contribution < -0.4 is 0 Å². The Morgan fingerprint density at radius 1 is 1.71 bits per heavy atom. The van der Waals surface area contributed by atoms with Gasteiger partial charge < -0.3 is 14.9 Å². The molecule has 0 aromatic carbocycles. The highest BCUT2D eigenvalue weighted by Crippen LogP contribution is 1.78. The SMILES string of the molecule is [CH2]C(O)OCCO. The van der Waals surface area contributed by atoms with Crippen molar-refractivity contribution >= 4 is 0 Å². The lowest BCUT2D eigenvalue weighted by Crippen LogP contribution is -2.09. The van der Waals surface area contributed by atoms with Gasteiger partial charge in [-0.05, 0) is 0 Å². The number of rotatable bonds is 3. The molecule has 0 aliphatic heterocycles. The van der Waals surface area contributed by atoms with E-state index in [1.54, 1.807) is 0 Å². The van der Waals surface area contributed by atoms with Crippen molar-refractivity contribution in [3.8, 4) is 0 Å². The Morgan fingerprint density at radius 3 is 2.43 bits per heavy atom. The second kappa shape index (κ2) is 4.05. The maximum absolute atomic E-state index is 8.24. The molecular weight excluding hydrogens is 96.0 g/mol. The number of hydrogen-bond acceptors (Lipinski definition) is 3. The van der Waals surface area contributed by atoms with Gasteiger partial charge in [0.05, 0.1) is 13.2 Å². The van der Waals surface area contributed by atoms with Gasteiger partial charge in [-0.15, -0.1) is 0 Å². The van der Waals surface area contributed by atoms with Gasteiger partial charge in [-0.1, -0.05) is 0 Å². The van der Waals surface area contributed by atoms with Gasteiger partial charge in [0.1, 0.15) is 0 Å². The number of aliphatic hydroxyl groups is 2. The lowest BCUT2D eigenvalue weighted by Gasteiger charge is -2.01. The third-order valence-corrected chi connectivity index (χ3v) is 0.402. The smallest absolute Gasteiger partial charge is 0.154 e. The predicted molar refractivity (Wildman–Crippen MR) is 24.4 cm³/mol. The average Bonchev–Trinajstić information content (AvgIpc) is 1.61. The van der Waals surface area contributed by atoms with E-state index >= 15 is 0 Å². The molecule has 2 N–H and O–H groups in total. The third kappa shape index (κ3) is 5.88. The minimum Gasteiger partial charge on any atom is -0.394 e. The van der Waals surface area contributed by atoms with Crippen molar-refractivity contribution in [3.63, 3.8) is 0 Å². The first-order valence-corrected chi connectivity index (χ1v) is 2.01. The van der Waals surface area contributed by atoms with Crippen molar-refractivity contribution in [3.05, 3.63) is 6.92 Å². The van der Waals surface area contributed by atoms with Crippen LogP contribution in [0, 0.1) is 6.92 Å². The molecule has 7 heavy (non-hydrogen) atoms. The van der Waals surface area contributed by atoms with E-state index in [9.17, 15) is 0 Å². The Labute approximate surface area is 42.5 Å². The van der Waals surface area contributed by atoms with Crippen molar-refractivity contribution in [2.75, 3.05) is 13.2 Å². The Morgan fingerprint density at radius 2 is 2.29 bits per heavy atom. The summed E-state index contributed by atoms with van der Waals surface area (Å²) >= 11 is 0. The van der Waals surface area contributed by atoms with E-state index in [-0.39, 0.29) is 13.2 Å². The molecule has 1 unspecified atom stereocenters. The van der Waals surface area contributed by atoms with E-state index in [1.165, 1.54) is 0 Å². The van der Waals surface area contributed by atoms with Crippen molar-refractivity contribution in [2.24, 2.45) is 0 Å². The summed E-state index contributed by atoms with van der Waals surface area (Å²) in [6, 6.07) is 0. The quantitative estimate of drug-likeness (QED) is 0.459. The van der Waals surface area contributed by atoms with Gasteiger partial charge in [0.2, 0.25) is 0 Å². The van der Waals surface area contributed by atoms with Crippen LogP contribution in [0.3, 0.4) is 0 Å². The van der Waals surface area contributed by atoms with Crippen LogP contribution in [-0.4, -0.2) is 29.7 Å². The zero-order chi connectivity index (χ0) is 5.70. The van der Waals surface area contributed by atoms with Crippen molar-refractivity contribution in [2.45, 2.75) is 6.29 Å². The zero-order valence-electron chi connectivity index (χ0n) is 4.00. The maximum atomic E-state index is 8.24. The summed E-state index contributed by atoms with van der Waals surface area (Å²) in [5, 5.41) is 16.3. The normalized spacial score (nSPS) is 14.1. The highest BCUT2D eigenvalue weighted by Gasteiger charge is 1.89. The molecule has 1 atom stereocenters. The number of aliphatic hydroxyl groups excluding tert-OH is 2. The van der Waals surface area contributed by atoms with Gasteiger partial charge in [-0.25, -0.2) is 0 Å². The lowest BCUT2D eigenvalue weighted by atomic mass is 10.7. The van der Waals surface area contributed by atoms with Gasteiger partial charge in [-0.3, -0.25) is 0 Å². The average molecular weight is 105 g/mol. The first-order chi connectivity index (χ1) is 3.27. The molecule has 0 rings (SSSR count). The van der Waals surface area contributed by atoms with Gasteiger partial charge in [-0.2, -0.15) is 0 Å². The van der Waals surface area contributed by atoms with E-state index in [2.05, 4.69) is 11.7 Å². The maximum Gasteiger partial charge on any atom is 0.154 e. The summed E-state index contributed by atoms with van der Waals surface area (Å²) in [5.41, 5.74) is 0. The van der Waals surface area contributed by atoms with Crippen LogP contribution in [-0.2, 0) is 4.74 Å². The van der Waals surface area contributed by atoms with Crippen LogP contribution in [0.4, 0.5) is 0 Å². The second-order valence-corrected chi connectivity index (χ2v) is 1.05. The molecule has 1 radical (unpaired) electrons. The summed E-state index contributed by atoms with van der Waals surface area (Å²) in [6.45, 7) is 3.16. The Bertz CT molecular complexity index is 35.9. The molecule has 0 aliphatic carbocycles. The molecule has 0 saturated carbocycles. The number of ether oxygens (including phenoxy) is 1. The van der Waals surface area contributed by atoms with E-state index in [0.717, 1.165) is 0 Å². The first-order valence-electron chi connectivity index (χ1n) is 2.01. The second-order valence-electron chi connectivity index (χ2n) is 1.05. The molecule has 0 spiro atoms. The van der Waals surface area contributed by atoms with Crippen LogP contribution in [0.15, 0.2) is 0 Å². The summed E-state index contributed by atoms with van der Waals surface area (Å²) in [4.78, 5) is 0. The van der Waals surface area contributed by atoms with Gasteiger partial charge >= 0.3 is 0 Å². The van der Waals surface area contributed by atoms with E-state index in [4.69, 9.17) is 10.2 Å². The molecule has 0 aliphatic rings. The molecule has 0 heterocycles. The van der Waals surface area contributed by atoms with E-state index in [1.807, 2.05) is 0 Å². The Balaban J connectivity index is 2.68. The zero-order valence-corrected chi connectivity index (χ0v) is 4.00. The first kappa shape index (κ1) is 6.88. The topological polar surface area (TPSA) is 49.7 Å². The minimum absolute atomic E-state index is 0.0768. The van der Waals surface area contributed by atoms with Crippen molar-refractivity contribution in [1.29, 1.82) is 0 Å². The molecule has 0 amide bonds. The molecule has 0 saturated heterocycles. The molecule has 0 aromatic heterocycles. The van der Waals surface area contributed by atoms with E-state index in [0.29, 0.717) is 0 Å². The van der Waals surface area contributed by atoms with Gasteiger partial charge in [0.15, 0.2) is 6.29 Å². The molecule has 3 heteroatoms. The standard InChI is InChI=1S/C4H9O3/c1-4(6)7-3-2-5/h4-6H,1-3H2. The highest BCUT2D eigenvalue weighted by molar-refractivity contribution is 4.37. The van der Waals surface area contributed by atoms with Crippen LogP contribution in [0.2, 0.25) is 0 Å². The van der Waals surface area contributed by atoms with Gasteiger partial charge in [0, 0.05) is 6.92 Å². The third-order valence-electron chi connectivity index (χ3n) is 0.402. The van der Waals surface area contributed by atoms with Crippen LogP contribution >= 0.6 is 0 Å². The fourth-order valence-electron chi connectivity index (χ4n) is 0.189. The minimum atomic E-state index is -1.01. The van der Waals surface area contributed by atoms with Gasteiger partial charge in [0.25, 0.3) is 0 Å². The summed E-state index contributed by atoms with van der Waals surface area (Å²) in [7, 11) is 0. The Kier molecular flexibility index (Phi) is 3.98. The van der Waals surface area contributed by atoms with Crippen LogP contribution in [0.1, 0.15) is 0 Å². The van der Waals surface area contributed by atoms with Crippen molar-refractivity contribution in [1.82, 2.24) is 0 Å². The predicted octanol–water partition coefficient (Wildman–Crippen LogP) is -0.852. The van der Waals surface area contributed by atoms with Crippen LogP contribution in [0.5, 0.6) is 0 Å². The summed E-state index contributed by atoms with van der Waals surface area (Å²) in [6.07, 6.45) is -1.01. The summed E-state index contributed by atoms with van der Waals surface area (Å²) in [5.74, 6) is 0. The monoisotopic (exact) mass is 105 g/mol. The van der Waals surface area contributed by atoms with E-state index < -0.39 is 6.29 Å². The molecule has 0 fully saturated rings. The fourth-order valence-corrected chi connectivity index (χ4v) is 0.189. The molecule has 0 aromatic rings. The fraction of sp³-hybridized carbons (Fsp3) is 0.750. The molecule has 43 valence electrons.